The Bertz CT molecular complexity index is 481. The Hall–Kier alpha value is 0.380. The van der Waals surface area contributed by atoms with Gasteiger partial charge in [0.15, 0.2) is 0 Å². The highest BCUT2D eigenvalue weighted by Gasteiger charge is 2.30. The van der Waals surface area contributed by atoms with Crippen molar-refractivity contribution in [1.29, 1.82) is 0 Å². The maximum Gasteiger partial charge on any atom is 0.254 e. The molecule has 2 rings (SSSR count). The highest BCUT2D eigenvalue weighted by molar-refractivity contribution is 14.1. The van der Waals surface area contributed by atoms with E-state index in [0.717, 1.165) is 26.4 Å². The van der Waals surface area contributed by atoms with Gasteiger partial charge in [0.25, 0.3) is 5.91 Å². The molecule has 0 N–H and O–H groups in total. The topological polar surface area (TPSA) is 20.3 Å². The van der Waals surface area contributed by atoms with Gasteiger partial charge >= 0.3 is 0 Å². The van der Waals surface area contributed by atoms with Gasteiger partial charge in [-0.2, -0.15) is 0 Å². The molecule has 5 heteroatoms. The van der Waals surface area contributed by atoms with E-state index in [4.69, 9.17) is 0 Å². The van der Waals surface area contributed by atoms with Crippen LogP contribution in [0.3, 0.4) is 0 Å². The molecule has 0 aliphatic heterocycles. The molecule has 2 unspecified atom stereocenters. The van der Waals surface area contributed by atoms with Crippen LogP contribution < -0.4 is 0 Å². The molecule has 2 nitrogen and oxygen atoms in total. The number of nitrogens with zero attached hydrogens (tertiary/aromatic N) is 1. The van der Waals surface area contributed by atoms with Crippen molar-refractivity contribution in [2.24, 2.45) is 0 Å². The quantitative estimate of drug-likeness (QED) is 0.421. The van der Waals surface area contributed by atoms with Crippen molar-refractivity contribution >= 4 is 60.4 Å². The van der Waals surface area contributed by atoms with Gasteiger partial charge in [-0.15, -0.1) is 0 Å². The standard InChI is InChI=1S/C14H16Br2INO/c1-18(13-5-3-2-4-11(13)16)14(19)10-8-9(15)6-7-12(10)17/h6-8,11,13H,2-5H2,1H3. The normalized spacial score (nSPS) is 23.2. The zero-order valence-electron chi connectivity index (χ0n) is 10.7. The molecule has 0 radical (unpaired) electrons. The first-order valence-electron chi connectivity index (χ1n) is 6.37. The van der Waals surface area contributed by atoms with Crippen LogP contribution in [0.15, 0.2) is 22.7 Å². The van der Waals surface area contributed by atoms with Crippen LogP contribution in [0, 0.1) is 3.57 Å². The molecule has 19 heavy (non-hydrogen) atoms. The Balaban J connectivity index is 2.20. The first kappa shape index (κ1) is 15.8. The van der Waals surface area contributed by atoms with Gasteiger partial charge in [0.2, 0.25) is 0 Å². The van der Waals surface area contributed by atoms with E-state index in [1.165, 1.54) is 12.8 Å². The van der Waals surface area contributed by atoms with Crippen LogP contribution in [0.2, 0.25) is 0 Å². The fourth-order valence-corrected chi connectivity index (χ4v) is 4.37. The van der Waals surface area contributed by atoms with E-state index in [1.807, 2.05) is 30.1 Å². The highest BCUT2D eigenvalue weighted by atomic mass is 127. The van der Waals surface area contributed by atoms with Gasteiger partial charge in [-0.05, 0) is 53.6 Å². The van der Waals surface area contributed by atoms with Crippen LogP contribution in [0.1, 0.15) is 36.0 Å². The van der Waals surface area contributed by atoms with Crippen molar-refractivity contribution in [1.82, 2.24) is 4.90 Å². The minimum atomic E-state index is 0.113. The molecule has 0 bridgehead atoms. The summed E-state index contributed by atoms with van der Waals surface area (Å²) in [6, 6.07) is 6.15. The predicted octanol–water partition coefficient (Wildman–Crippen LogP) is 4.83. The molecule has 0 heterocycles. The summed E-state index contributed by atoms with van der Waals surface area (Å²) in [5.41, 5.74) is 0.780. The monoisotopic (exact) mass is 499 g/mol. The molecule has 1 aliphatic carbocycles. The minimum Gasteiger partial charge on any atom is -0.338 e. The Morgan fingerprint density at radius 3 is 2.74 bits per heavy atom. The number of amides is 1. The fraction of sp³-hybridized carbons (Fsp3) is 0.500. The van der Waals surface area contributed by atoms with Gasteiger partial charge in [0.1, 0.15) is 0 Å². The number of carbonyl (C=O) groups is 1. The van der Waals surface area contributed by atoms with E-state index in [2.05, 4.69) is 54.5 Å². The smallest absolute Gasteiger partial charge is 0.254 e. The van der Waals surface area contributed by atoms with Gasteiger partial charge in [-0.3, -0.25) is 4.79 Å². The third-order valence-electron chi connectivity index (χ3n) is 3.62. The predicted molar refractivity (Wildman–Crippen MR) is 93.9 cm³/mol. The minimum absolute atomic E-state index is 0.113. The maximum atomic E-state index is 12.6. The lowest BCUT2D eigenvalue weighted by atomic mass is 9.94. The largest absolute Gasteiger partial charge is 0.338 e. The van der Waals surface area contributed by atoms with Crippen molar-refractivity contribution in [3.63, 3.8) is 0 Å². The summed E-state index contributed by atoms with van der Waals surface area (Å²) in [4.78, 5) is 15.0. The number of benzene rings is 1. The van der Waals surface area contributed by atoms with E-state index >= 15 is 0 Å². The van der Waals surface area contributed by atoms with Gasteiger partial charge in [-0.1, -0.05) is 44.7 Å². The summed E-state index contributed by atoms with van der Waals surface area (Å²) in [5, 5.41) is 0. The lowest BCUT2D eigenvalue weighted by molar-refractivity contribution is 0.0703. The first-order chi connectivity index (χ1) is 9.00. The van der Waals surface area contributed by atoms with Crippen LogP contribution in [0.4, 0.5) is 0 Å². The molecule has 1 saturated carbocycles. The summed E-state index contributed by atoms with van der Waals surface area (Å²) in [6.07, 6.45) is 4.70. The Morgan fingerprint density at radius 2 is 2.05 bits per heavy atom. The third kappa shape index (κ3) is 3.73. The highest BCUT2D eigenvalue weighted by Crippen LogP contribution is 2.29. The first-order valence-corrected chi connectivity index (χ1v) is 9.15. The Labute approximate surface area is 144 Å². The van der Waals surface area contributed by atoms with Gasteiger partial charge in [-0.25, -0.2) is 0 Å². The second-order valence-corrected chi connectivity index (χ2v) is 8.16. The van der Waals surface area contributed by atoms with Crippen molar-refractivity contribution < 1.29 is 4.79 Å². The molecular weight excluding hydrogens is 485 g/mol. The zero-order chi connectivity index (χ0) is 14.0. The zero-order valence-corrected chi connectivity index (χ0v) is 16.0. The molecular formula is C14H16Br2INO. The molecule has 104 valence electrons. The Morgan fingerprint density at radius 1 is 1.37 bits per heavy atom. The van der Waals surface area contributed by atoms with Gasteiger partial charge < -0.3 is 4.90 Å². The number of carbonyl (C=O) groups excluding carboxylic acids is 1. The van der Waals surface area contributed by atoms with Crippen LogP contribution in [0.5, 0.6) is 0 Å². The molecule has 1 amide bonds. The van der Waals surface area contributed by atoms with Gasteiger partial charge in [0.05, 0.1) is 5.56 Å². The number of hydrogen-bond acceptors (Lipinski definition) is 1. The molecule has 1 fully saturated rings. The molecule has 2 atom stereocenters. The molecule has 1 aromatic carbocycles. The van der Waals surface area contributed by atoms with E-state index < -0.39 is 0 Å². The lowest BCUT2D eigenvalue weighted by Gasteiger charge is -2.35. The van der Waals surface area contributed by atoms with E-state index in [-0.39, 0.29) is 5.91 Å². The second-order valence-electron chi connectivity index (χ2n) is 4.91. The van der Waals surface area contributed by atoms with Crippen molar-refractivity contribution in [2.45, 2.75) is 36.6 Å². The molecule has 0 aromatic heterocycles. The third-order valence-corrected chi connectivity index (χ3v) is 6.13. The summed E-state index contributed by atoms with van der Waals surface area (Å²) in [5.74, 6) is 0.113. The summed E-state index contributed by atoms with van der Waals surface area (Å²) in [7, 11) is 1.92. The maximum absolute atomic E-state index is 12.6. The molecule has 0 saturated heterocycles. The average Bonchev–Trinajstić information content (AvgIpc) is 2.40. The lowest BCUT2D eigenvalue weighted by Crippen LogP contribution is -2.44. The molecule has 1 aliphatic rings. The SMILES string of the molecule is CN(C(=O)c1cc(Br)ccc1I)C1CCCCC1Br. The second kappa shape index (κ2) is 6.89. The average molecular weight is 501 g/mol. The van der Waals surface area contributed by atoms with E-state index in [0.29, 0.717) is 10.9 Å². The van der Waals surface area contributed by atoms with Crippen LogP contribution in [0.25, 0.3) is 0 Å². The van der Waals surface area contributed by atoms with Crippen LogP contribution in [-0.2, 0) is 0 Å². The number of alkyl halides is 1. The van der Waals surface area contributed by atoms with E-state index in [9.17, 15) is 4.79 Å². The molecule has 1 aromatic rings. The van der Waals surface area contributed by atoms with Crippen molar-refractivity contribution in [2.75, 3.05) is 7.05 Å². The number of halogens is 3. The van der Waals surface area contributed by atoms with Crippen molar-refractivity contribution in [3.8, 4) is 0 Å². The van der Waals surface area contributed by atoms with Crippen LogP contribution in [-0.4, -0.2) is 28.7 Å². The summed E-state index contributed by atoms with van der Waals surface area (Å²) < 4.78 is 1.95. The Kier molecular flexibility index (Phi) is 5.72. The van der Waals surface area contributed by atoms with E-state index in [1.54, 1.807) is 0 Å². The van der Waals surface area contributed by atoms with Gasteiger partial charge in [0, 0.05) is 26.0 Å². The van der Waals surface area contributed by atoms with Crippen LogP contribution >= 0.6 is 54.5 Å². The summed E-state index contributed by atoms with van der Waals surface area (Å²) >= 11 is 9.38. The number of hydrogen-bond donors (Lipinski definition) is 0. The molecule has 0 spiro atoms. The van der Waals surface area contributed by atoms with Crippen molar-refractivity contribution in [3.05, 3.63) is 31.8 Å². The number of rotatable bonds is 2. The summed E-state index contributed by atoms with van der Waals surface area (Å²) in [6.45, 7) is 0. The fourth-order valence-electron chi connectivity index (χ4n) is 2.50.